The number of hydrogen-bond acceptors (Lipinski definition) is 2. The zero-order chi connectivity index (χ0) is 12.3. The lowest BCUT2D eigenvalue weighted by atomic mass is 9.89. The zero-order valence-electron chi connectivity index (χ0n) is 11.8. The fraction of sp³-hybridized carbons (Fsp3) is 1.00. The van der Waals surface area contributed by atoms with Crippen LogP contribution in [0.5, 0.6) is 0 Å². The Hall–Kier alpha value is -0.0800. The van der Waals surface area contributed by atoms with E-state index in [0.29, 0.717) is 6.10 Å². The van der Waals surface area contributed by atoms with Crippen LogP contribution in [0.25, 0.3) is 0 Å². The second kappa shape index (κ2) is 9.90. The smallest absolute Gasteiger partial charge is 0.0604 e. The molecular weight excluding hydrogens is 210 g/mol. The molecule has 0 heterocycles. The molecule has 1 saturated carbocycles. The van der Waals surface area contributed by atoms with Gasteiger partial charge in [-0.15, -0.1) is 0 Å². The topological polar surface area (TPSA) is 21.3 Å². The minimum Gasteiger partial charge on any atom is -0.378 e. The Morgan fingerprint density at radius 3 is 2.24 bits per heavy atom. The third kappa shape index (κ3) is 7.05. The van der Waals surface area contributed by atoms with Gasteiger partial charge in [0.1, 0.15) is 0 Å². The highest BCUT2D eigenvalue weighted by Gasteiger charge is 2.28. The monoisotopic (exact) mass is 241 g/mol. The fourth-order valence-corrected chi connectivity index (χ4v) is 2.49. The van der Waals surface area contributed by atoms with Gasteiger partial charge in [0.15, 0.2) is 0 Å². The first kappa shape index (κ1) is 15.0. The molecule has 0 radical (unpaired) electrons. The van der Waals surface area contributed by atoms with E-state index in [4.69, 9.17) is 4.74 Å². The Balaban J connectivity index is 1.74. The molecule has 2 nitrogen and oxygen atoms in total. The summed E-state index contributed by atoms with van der Waals surface area (Å²) in [6.07, 6.45) is 12.8. The summed E-state index contributed by atoms with van der Waals surface area (Å²) in [6, 6.07) is 0.742. The molecule has 17 heavy (non-hydrogen) atoms. The van der Waals surface area contributed by atoms with E-state index >= 15 is 0 Å². The second-order valence-electron chi connectivity index (χ2n) is 5.32. The van der Waals surface area contributed by atoms with E-state index in [2.05, 4.69) is 19.2 Å². The van der Waals surface area contributed by atoms with Crippen LogP contribution in [-0.4, -0.2) is 25.3 Å². The normalized spacial score (nSPS) is 23.6. The zero-order valence-corrected chi connectivity index (χ0v) is 11.8. The highest BCUT2D eigenvalue weighted by atomic mass is 16.5. The Bertz CT molecular complexity index is 166. The summed E-state index contributed by atoms with van der Waals surface area (Å²) in [4.78, 5) is 0. The SMILES string of the molecule is CCCCCCCCCNC1CC(OCC)C1. The van der Waals surface area contributed by atoms with E-state index in [1.807, 2.05) is 0 Å². The maximum absolute atomic E-state index is 5.55. The highest BCUT2D eigenvalue weighted by Crippen LogP contribution is 2.23. The van der Waals surface area contributed by atoms with Crippen molar-refractivity contribution in [2.24, 2.45) is 0 Å². The average molecular weight is 241 g/mol. The molecule has 0 amide bonds. The van der Waals surface area contributed by atoms with Crippen LogP contribution < -0.4 is 5.32 Å². The first-order chi connectivity index (χ1) is 8.36. The van der Waals surface area contributed by atoms with Crippen LogP contribution in [0.15, 0.2) is 0 Å². The van der Waals surface area contributed by atoms with Crippen LogP contribution in [0, 0.1) is 0 Å². The minimum absolute atomic E-state index is 0.548. The molecule has 0 aliphatic heterocycles. The fourth-order valence-electron chi connectivity index (χ4n) is 2.49. The van der Waals surface area contributed by atoms with E-state index in [1.54, 1.807) is 0 Å². The van der Waals surface area contributed by atoms with Gasteiger partial charge in [0, 0.05) is 12.6 Å². The number of ether oxygens (including phenoxy) is 1. The predicted octanol–water partition coefficient (Wildman–Crippen LogP) is 3.89. The molecule has 2 heteroatoms. The number of unbranched alkanes of at least 4 members (excludes halogenated alkanes) is 6. The van der Waals surface area contributed by atoms with Crippen molar-refractivity contribution in [2.45, 2.75) is 83.8 Å². The number of hydrogen-bond donors (Lipinski definition) is 1. The lowest BCUT2D eigenvalue weighted by Gasteiger charge is -2.35. The van der Waals surface area contributed by atoms with Crippen molar-refractivity contribution >= 4 is 0 Å². The van der Waals surface area contributed by atoms with Crippen molar-refractivity contribution in [3.8, 4) is 0 Å². The molecule has 0 aromatic heterocycles. The van der Waals surface area contributed by atoms with E-state index in [1.165, 1.54) is 64.3 Å². The van der Waals surface area contributed by atoms with Crippen molar-refractivity contribution in [3.63, 3.8) is 0 Å². The summed E-state index contributed by atoms with van der Waals surface area (Å²) in [6.45, 7) is 6.43. The Morgan fingerprint density at radius 1 is 0.941 bits per heavy atom. The van der Waals surface area contributed by atoms with Gasteiger partial charge in [-0.2, -0.15) is 0 Å². The molecule has 0 aromatic carbocycles. The first-order valence-electron chi connectivity index (χ1n) is 7.71. The molecule has 0 unspecified atom stereocenters. The van der Waals surface area contributed by atoms with Crippen LogP contribution >= 0.6 is 0 Å². The van der Waals surface area contributed by atoms with Gasteiger partial charge in [0.2, 0.25) is 0 Å². The van der Waals surface area contributed by atoms with Crippen molar-refractivity contribution in [1.29, 1.82) is 0 Å². The van der Waals surface area contributed by atoms with Crippen LogP contribution in [0.4, 0.5) is 0 Å². The molecule has 1 N–H and O–H groups in total. The molecule has 1 fully saturated rings. The summed E-state index contributed by atoms with van der Waals surface area (Å²) in [7, 11) is 0. The molecule has 0 aromatic rings. The number of rotatable bonds is 11. The molecule has 1 aliphatic carbocycles. The van der Waals surface area contributed by atoms with Crippen molar-refractivity contribution in [1.82, 2.24) is 5.32 Å². The van der Waals surface area contributed by atoms with Crippen LogP contribution in [-0.2, 0) is 4.74 Å². The maximum Gasteiger partial charge on any atom is 0.0604 e. The largest absolute Gasteiger partial charge is 0.378 e. The van der Waals surface area contributed by atoms with E-state index in [9.17, 15) is 0 Å². The lowest BCUT2D eigenvalue weighted by molar-refractivity contribution is -0.00975. The summed E-state index contributed by atoms with van der Waals surface area (Å²) in [5.41, 5.74) is 0. The van der Waals surface area contributed by atoms with Crippen LogP contribution in [0.3, 0.4) is 0 Å². The first-order valence-corrected chi connectivity index (χ1v) is 7.71. The second-order valence-corrected chi connectivity index (χ2v) is 5.32. The maximum atomic E-state index is 5.55. The van der Waals surface area contributed by atoms with Crippen molar-refractivity contribution in [3.05, 3.63) is 0 Å². The molecule has 1 aliphatic rings. The van der Waals surface area contributed by atoms with Gasteiger partial charge in [0.25, 0.3) is 0 Å². The van der Waals surface area contributed by atoms with Gasteiger partial charge in [0.05, 0.1) is 6.10 Å². The molecular formula is C15H31NO. The van der Waals surface area contributed by atoms with Gasteiger partial charge in [-0.1, -0.05) is 45.4 Å². The quantitative estimate of drug-likeness (QED) is 0.554. The Morgan fingerprint density at radius 2 is 1.59 bits per heavy atom. The lowest BCUT2D eigenvalue weighted by Crippen LogP contribution is -2.45. The standard InChI is InChI=1S/C15H31NO/c1-3-5-6-7-8-9-10-11-16-14-12-15(13-14)17-4-2/h14-16H,3-13H2,1-2H3. The van der Waals surface area contributed by atoms with Crippen molar-refractivity contribution < 1.29 is 4.74 Å². The van der Waals surface area contributed by atoms with Gasteiger partial charge >= 0.3 is 0 Å². The molecule has 1 rings (SSSR count). The highest BCUT2D eigenvalue weighted by molar-refractivity contribution is 4.85. The van der Waals surface area contributed by atoms with E-state index in [0.717, 1.165) is 12.6 Å². The average Bonchev–Trinajstić information content (AvgIpc) is 2.28. The third-order valence-electron chi connectivity index (χ3n) is 3.71. The summed E-state index contributed by atoms with van der Waals surface area (Å²) >= 11 is 0. The van der Waals surface area contributed by atoms with Crippen LogP contribution in [0.1, 0.15) is 71.6 Å². The summed E-state index contributed by atoms with van der Waals surface area (Å²) < 4.78 is 5.55. The van der Waals surface area contributed by atoms with E-state index in [-0.39, 0.29) is 0 Å². The molecule has 0 saturated heterocycles. The van der Waals surface area contributed by atoms with Gasteiger partial charge in [-0.05, 0) is 32.7 Å². The summed E-state index contributed by atoms with van der Waals surface area (Å²) in [5.74, 6) is 0. The van der Waals surface area contributed by atoms with E-state index < -0.39 is 0 Å². The molecule has 0 bridgehead atoms. The number of nitrogens with one attached hydrogen (secondary N) is 1. The minimum atomic E-state index is 0.548. The predicted molar refractivity (Wildman–Crippen MR) is 74.4 cm³/mol. The van der Waals surface area contributed by atoms with Gasteiger partial charge in [-0.3, -0.25) is 0 Å². The van der Waals surface area contributed by atoms with Crippen molar-refractivity contribution in [2.75, 3.05) is 13.2 Å². The molecule has 102 valence electrons. The van der Waals surface area contributed by atoms with Gasteiger partial charge in [-0.25, -0.2) is 0 Å². The molecule has 0 spiro atoms. The molecule has 0 atom stereocenters. The summed E-state index contributed by atoms with van der Waals surface area (Å²) in [5, 5.41) is 3.63. The Kier molecular flexibility index (Phi) is 8.72. The third-order valence-corrected chi connectivity index (χ3v) is 3.71. The van der Waals surface area contributed by atoms with Crippen LogP contribution in [0.2, 0.25) is 0 Å². The Labute approximate surface area is 108 Å². The van der Waals surface area contributed by atoms with Gasteiger partial charge < -0.3 is 10.1 Å².